The number of ether oxygens (including phenoxy) is 1. The third kappa shape index (κ3) is 4.55. The molecule has 0 radical (unpaired) electrons. The molecule has 0 aliphatic carbocycles. The fourth-order valence-electron chi connectivity index (χ4n) is 3.32. The highest BCUT2D eigenvalue weighted by molar-refractivity contribution is 8.00. The van der Waals surface area contributed by atoms with Gasteiger partial charge >= 0.3 is 5.97 Å². The summed E-state index contributed by atoms with van der Waals surface area (Å²) in [7, 11) is 1.91. The smallest absolute Gasteiger partial charge is 0.309 e. The van der Waals surface area contributed by atoms with E-state index in [1.165, 1.54) is 11.8 Å². The zero-order valence-electron chi connectivity index (χ0n) is 16.5. The highest BCUT2D eigenvalue weighted by Crippen LogP contribution is 2.28. The summed E-state index contributed by atoms with van der Waals surface area (Å²) in [5.74, 6) is 0.596. The maximum absolute atomic E-state index is 12.8. The predicted molar refractivity (Wildman–Crippen MR) is 108 cm³/mol. The molecule has 2 aromatic rings. The van der Waals surface area contributed by atoms with E-state index in [9.17, 15) is 9.59 Å². The van der Waals surface area contributed by atoms with Gasteiger partial charge in [0, 0.05) is 25.7 Å². The molecule has 28 heavy (non-hydrogen) atoms. The second kappa shape index (κ2) is 9.23. The van der Waals surface area contributed by atoms with Crippen molar-refractivity contribution in [2.45, 2.75) is 37.1 Å². The van der Waals surface area contributed by atoms with Gasteiger partial charge in [0.15, 0.2) is 11.0 Å². The minimum Gasteiger partial charge on any atom is -0.466 e. The van der Waals surface area contributed by atoms with Crippen molar-refractivity contribution in [3.05, 3.63) is 30.3 Å². The van der Waals surface area contributed by atoms with Crippen LogP contribution in [0.4, 0.5) is 0 Å². The summed E-state index contributed by atoms with van der Waals surface area (Å²) in [4.78, 5) is 26.5. The average Bonchev–Trinajstić information content (AvgIpc) is 3.08. The maximum Gasteiger partial charge on any atom is 0.309 e. The molecular formula is C20H26N4O3S. The SMILES string of the molecule is CCOC(=O)C1CCN(C(=O)[C@@H](C)Sc2nnc(-c3ccccc3)n2C)CC1. The molecule has 1 fully saturated rings. The van der Waals surface area contributed by atoms with Gasteiger partial charge in [-0.15, -0.1) is 10.2 Å². The Morgan fingerprint density at radius 3 is 2.54 bits per heavy atom. The number of esters is 1. The van der Waals surface area contributed by atoms with Crippen molar-refractivity contribution < 1.29 is 14.3 Å². The Bertz CT molecular complexity index is 816. The lowest BCUT2D eigenvalue weighted by molar-refractivity contribution is -0.151. The first-order valence-corrected chi connectivity index (χ1v) is 10.5. The number of carbonyl (C=O) groups is 2. The largest absolute Gasteiger partial charge is 0.466 e. The summed E-state index contributed by atoms with van der Waals surface area (Å²) >= 11 is 1.41. The molecule has 1 aromatic heterocycles. The highest BCUT2D eigenvalue weighted by Gasteiger charge is 2.31. The van der Waals surface area contributed by atoms with Crippen LogP contribution < -0.4 is 0 Å². The lowest BCUT2D eigenvalue weighted by Crippen LogP contribution is -2.43. The highest BCUT2D eigenvalue weighted by atomic mass is 32.2. The third-order valence-electron chi connectivity index (χ3n) is 4.92. The van der Waals surface area contributed by atoms with Crippen molar-refractivity contribution in [2.75, 3.05) is 19.7 Å². The predicted octanol–water partition coefficient (Wildman–Crippen LogP) is 2.76. The molecule has 150 valence electrons. The van der Waals surface area contributed by atoms with Crippen LogP contribution in [-0.4, -0.2) is 56.5 Å². The monoisotopic (exact) mass is 402 g/mol. The van der Waals surface area contributed by atoms with Gasteiger partial charge in [-0.25, -0.2) is 0 Å². The summed E-state index contributed by atoms with van der Waals surface area (Å²) in [5, 5.41) is 8.97. The topological polar surface area (TPSA) is 77.3 Å². The summed E-state index contributed by atoms with van der Waals surface area (Å²) in [6, 6.07) is 9.86. The quantitative estimate of drug-likeness (QED) is 0.546. The number of thioether (sulfide) groups is 1. The minimum atomic E-state index is -0.273. The number of likely N-dealkylation sites (tertiary alicyclic amines) is 1. The molecule has 0 N–H and O–H groups in total. The summed E-state index contributed by atoms with van der Waals surface area (Å²) in [5.41, 5.74) is 0.990. The van der Waals surface area contributed by atoms with E-state index in [1.54, 1.807) is 0 Å². The summed E-state index contributed by atoms with van der Waals surface area (Å²) in [6.45, 7) is 5.27. The number of rotatable bonds is 6. The molecule has 2 heterocycles. The van der Waals surface area contributed by atoms with Crippen LogP contribution >= 0.6 is 11.8 Å². The standard InChI is InChI=1S/C20H26N4O3S/c1-4-27-19(26)16-10-12-24(13-11-16)18(25)14(2)28-20-22-21-17(23(20)3)15-8-6-5-7-9-15/h5-9,14,16H,4,10-13H2,1-3H3/t14-/m1/s1. The molecule has 8 heteroatoms. The number of piperidine rings is 1. The molecule has 1 aliphatic heterocycles. The fraction of sp³-hybridized carbons (Fsp3) is 0.500. The number of nitrogens with zero attached hydrogens (tertiary/aromatic N) is 4. The van der Waals surface area contributed by atoms with Gasteiger partial charge in [0.25, 0.3) is 0 Å². The normalized spacial score (nSPS) is 16.0. The van der Waals surface area contributed by atoms with Gasteiger partial charge in [0.2, 0.25) is 5.91 Å². The molecule has 7 nitrogen and oxygen atoms in total. The fourth-order valence-corrected chi connectivity index (χ4v) is 4.22. The van der Waals surface area contributed by atoms with Gasteiger partial charge in [0.1, 0.15) is 0 Å². The van der Waals surface area contributed by atoms with Crippen LogP contribution in [0.2, 0.25) is 0 Å². The van der Waals surface area contributed by atoms with Crippen LogP contribution in [0.15, 0.2) is 35.5 Å². The van der Waals surface area contributed by atoms with E-state index in [0.29, 0.717) is 37.7 Å². The van der Waals surface area contributed by atoms with Gasteiger partial charge in [0.05, 0.1) is 17.8 Å². The van der Waals surface area contributed by atoms with Crippen molar-refractivity contribution >= 4 is 23.6 Å². The van der Waals surface area contributed by atoms with Gasteiger partial charge < -0.3 is 14.2 Å². The van der Waals surface area contributed by atoms with Crippen LogP contribution in [0.3, 0.4) is 0 Å². The molecule has 1 saturated heterocycles. The number of benzene rings is 1. The van der Waals surface area contributed by atoms with Gasteiger partial charge in [-0.2, -0.15) is 0 Å². The van der Waals surface area contributed by atoms with Crippen molar-refractivity contribution in [2.24, 2.45) is 13.0 Å². The summed E-state index contributed by atoms with van der Waals surface area (Å²) in [6.07, 6.45) is 1.31. The Kier molecular flexibility index (Phi) is 6.72. The van der Waals surface area contributed by atoms with E-state index in [1.807, 2.05) is 60.7 Å². The van der Waals surface area contributed by atoms with Crippen LogP contribution in [0.5, 0.6) is 0 Å². The van der Waals surface area contributed by atoms with Gasteiger partial charge in [-0.3, -0.25) is 9.59 Å². The molecule has 0 bridgehead atoms. The Hall–Kier alpha value is -2.35. The molecule has 1 atom stereocenters. The molecular weight excluding hydrogens is 376 g/mol. The Morgan fingerprint density at radius 2 is 1.89 bits per heavy atom. The van der Waals surface area contributed by atoms with Crippen LogP contribution in [0.1, 0.15) is 26.7 Å². The molecule has 0 spiro atoms. The molecule has 1 aromatic carbocycles. The van der Waals surface area contributed by atoms with Crippen molar-refractivity contribution in [3.8, 4) is 11.4 Å². The number of aromatic nitrogens is 3. The van der Waals surface area contributed by atoms with Gasteiger partial charge in [-0.05, 0) is 26.7 Å². The minimum absolute atomic E-state index is 0.0663. The number of amides is 1. The molecule has 3 rings (SSSR count). The number of hydrogen-bond acceptors (Lipinski definition) is 6. The third-order valence-corrected chi connectivity index (χ3v) is 6.04. The van der Waals surface area contributed by atoms with Crippen LogP contribution in [0, 0.1) is 5.92 Å². The van der Waals surface area contributed by atoms with E-state index < -0.39 is 0 Å². The van der Waals surface area contributed by atoms with Crippen LogP contribution in [-0.2, 0) is 21.4 Å². The second-order valence-corrected chi connectivity index (χ2v) is 8.15. The van der Waals surface area contributed by atoms with Crippen molar-refractivity contribution in [1.82, 2.24) is 19.7 Å². The molecule has 0 saturated carbocycles. The Balaban J connectivity index is 1.58. The average molecular weight is 403 g/mol. The second-order valence-electron chi connectivity index (χ2n) is 6.84. The van der Waals surface area contributed by atoms with E-state index in [2.05, 4.69) is 10.2 Å². The first kappa shape index (κ1) is 20.4. The van der Waals surface area contributed by atoms with E-state index in [4.69, 9.17) is 4.74 Å². The van der Waals surface area contributed by atoms with E-state index in [-0.39, 0.29) is 23.0 Å². The Morgan fingerprint density at radius 1 is 1.21 bits per heavy atom. The van der Waals surface area contributed by atoms with Crippen molar-refractivity contribution in [1.29, 1.82) is 0 Å². The van der Waals surface area contributed by atoms with Crippen molar-refractivity contribution in [3.63, 3.8) is 0 Å². The van der Waals surface area contributed by atoms with Crippen LogP contribution in [0.25, 0.3) is 11.4 Å². The first-order valence-electron chi connectivity index (χ1n) is 9.58. The number of carbonyl (C=O) groups excluding carboxylic acids is 2. The lowest BCUT2D eigenvalue weighted by Gasteiger charge is -2.32. The first-order chi connectivity index (χ1) is 13.5. The van der Waals surface area contributed by atoms with E-state index >= 15 is 0 Å². The summed E-state index contributed by atoms with van der Waals surface area (Å²) < 4.78 is 7.00. The van der Waals surface area contributed by atoms with Gasteiger partial charge in [-0.1, -0.05) is 42.1 Å². The zero-order valence-corrected chi connectivity index (χ0v) is 17.3. The number of hydrogen-bond donors (Lipinski definition) is 0. The zero-order chi connectivity index (χ0) is 20.1. The lowest BCUT2D eigenvalue weighted by atomic mass is 9.97. The molecule has 0 unspecified atom stereocenters. The Labute approximate surface area is 169 Å². The molecule has 1 amide bonds. The molecule has 1 aliphatic rings. The van der Waals surface area contributed by atoms with E-state index in [0.717, 1.165) is 11.4 Å². The maximum atomic E-state index is 12.8.